The van der Waals surface area contributed by atoms with Crippen LogP contribution in [0.15, 0.2) is 0 Å². The minimum atomic E-state index is 0.263. The number of nitrogens with one attached hydrogen (secondary N) is 1. The lowest BCUT2D eigenvalue weighted by Gasteiger charge is -2.20. The Labute approximate surface area is 85.4 Å². The quantitative estimate of drug-likeness (QED) is 0.540. The second kappa shape index (κ2) is 5.62. The number of hydrogen-bond donors (Lipinski definition) is 1. The molecular weight excluding hydrogens is 178 g/mol. The SMILES string of the molecule is CCCC(=O)N1CCCN(C=N)CC1. The molecule has 1 amide bonds. The molecule has 0 unspecified atom stereocenters. The van der Waals surface area contributed by atoms with Crippen LogP contribution in [0.4, 0.5) is 0 Å². The van der Waals surface area contributed by atoms with E-state index in [4.69, 9.17) is 5.41 Å². The fourth-order valence-electron chi connectivity index (χ4n) is 1.69. The Morgan fingerprint density at radius 1 is 1.36 bits per heavy atom. The third kappa shape index (κ3) is 3.01. The van der Waals surface area contributed by atoms with Gasteiger partial charge in [0.15, 0.2) is 0 Å². The van der Waals surface area contributed by atoms with E-state index >= 15 is 0 Å². The average molecular weight is 197 g/mol. The molecule has 1 aliphatic heterocycles. The molecule has 1 N–H and O–H groups in total. The third-order valence-electron chi connectivity index (χ3n) is 2.53. The van der Waals surface area contributed by atoms with Gasteiger partial charge in [0, 0.05) is 32.6 Å². The topological polar surface area (TPSA) is 47.4 Å². The van der Waals surface area contributed by atoms with Crippen LogP contribution in [0.25, 0.3) is 0 Å². The molecule has 4 nitrogen and oxygen atoms in total. The lowest BCUT2D eigenvalue weighted by Crippen LogP contribution is -2.34. The first-order valence-corrected chi connectivity index (χ1v) is 5.30. The van der Waals surface area contributed by atoms with Gasteiger partial charge in [-0.3, -0.25) is 10.2 Å². The van der Waals surface area contributed by atoms with Gasteiger partial charge in [0.2, 0.25) is 5.91 Å². The Morgan fingerprint density at radius 2 is 2.14 bits per heavy atom. The van der Waals surface area contributed by atoms with Crippen molar-refractivity contribution in [3.05, 3.63) is 0 Å². The van der Waals surface area contributed by atoms with Gasteiger partial charge < -0.3 is 9.80 Å². The lowest BCUT2D eigenvalue weighted by atomic mass is 10.3. The highest BCUT2D eigenvalue weighted by Gasteiger charge is 2.16. The highest BCUT2D eigenvalue weighted by Crippen LogP contribution is 2.04. The maximum absolute atomic E-state index is 11.6. The van der Waals surface area contributed by atoms with Crippen LogP contribution in [0.3, 0.4) is 0 Å². The minimum absolute atomic E-state index is 0.263. The molecule has 0 radical (unpaired) electrons. The summed E-state index contributed by atoms with van der Waals surface area (Å²) < 4.78 is 0. The van der Waals surface area contributed by atoms with Crippen molar-refractivity contribution >= 4 is 12.2 Å². The van der Waals surface area contributed by atoms with Gasteiger partial charge in [0.1, 0.15) is 0 Å². The zero-order chi connectivity index (χ0) is 10.4. The molecule has 1 saturated heterocycles. The van der Waals surface area contributed by atoms with Crippen molar-refractivity contribution in [3.8, 4) is 0 Å². The zero-order valence-corrected chi connectivity index (χ0v) is 8.83. The van der Waals surface area contributed by atoms with E-state index in [0.29, 0.717) is 6.42 Å². The molecule has 0 aliphatic carbocycles. The van der Waals surface area contributed by atoms with Crippen LogP contribution in [-0.2, 0) is 4.79 Å². The van der Waals surface area contributed by atoms with Crippen molar-refractivity contribution in [2.75, 3.05) is 26.2 Å². The smallest absolute Gasteiger partial charge is 0.222 e. The van der Waals surface area contributed by atoms with E-state index in [-0.39, 0.29) is 5.91 Å². The van der Waals surface area contributed by atoms with Crippen LogP contribution in [0.5, 0.6) is 0 Å². The summed E-state index contributed by atoms with van der Waals surface area (Å²) in [6.45, 7) is 5.36. The molecule has 0 aromatic carbocycles. The Balaban J connectivity index is 2.41. The summed E-state index contributed by atoms with van der Waals surface area (Å²) in [6, 6.07) is 0. The molecule has 4 heteroatoms. The summed E-state index contributed by atoms with van der Waals surface area (Å²) in [5, 5.41) is 7.15. The summed E-state index contributed by atoms with van der Waals surface area (Å²) in [4.78, 5) is 15.5. The van der Waals surface area contributed by atoms with E-state index in [1.807, 2.05) is 16.7 Å². The van der Waals surface area contributed by atoms with Crippen LogP contribution >= 0.6 is 0 Å². The number of amides is 1. The highest BCUT2D eigenvalue weighted by atomic mass is 16.2. The van der Waals surface area contributed by atoms with Gasteiger partial charge in [0.25, 0.3) is 0 Å². The zero-order valence-electron chi connectivity index (χ0n) is 8.83. The number of rotatable bonds is 3. The highest BCUT2D eigenvalue weighted by molar-refractivity contribution is 5.76. The fourth-order valence-corrected chi connectivity index (χ4v) is 1.69. The standard InChI is InChI=1S/C10H19N3O/c1-2-4-10(14)13-6-3-5-12(9-11)7-8-13/h9,11H,2-8H2,1H3. The van der Waals surface area contributed by atoms with E-state index in [0.717, 1.165) is 39.0 Å². The van der Waals surface area contributed by atoms with Crippen molar-refractivity contribution in [1.29, 1.82) is 5.41 Å². The summed E-state index contributed by atoms with van der Waals surface area (Å²) in [5.41, 5.74) is 0. The summed E-state index contributed by atoms with van der Waals surface area (Å²) in [5.74, 6) is 0.263. The molecular formula is C10H19N3O. The molecule has 14 heavy (non-hydrogen) atoms. The van der Waals surface area contributed by atoms with Crippen molar-refractivity contribution in [1.82, 2.24) is 9.80 Å². The number of carbonyl (C=O) groups is 1. The van der Waals surface area contributed by atoms with Crippen molar-refractivity contribution in [2.45, 2.75) is 26.2 Å². The van der Waals surface area contributed by atoms with Gasteiger partial charge in [-0.05, 0) is 12.8 Å². The molecule has 1 fully saturated rings. The van der Waals surface area contributed by atoms with Crippen molar-refractivity contribution in [2.24, 2.45) is 0 Å². The van der Waals surface area contributed by atoms with Gasteiger partial charge in [-0.25, -0.2) is 0 Å². The maximum atomic E-state index is 11.6. The number of carbonyl (C=O) groups excluding carboxylic acids is 1. The van der Waals surface area contributed by atoms with Crippen LogP contribution in [0.2, 0.25) is 0 Å². The molecule has 0 aromatic heterocycles. The van der Waals surface area contributed by atoms with E-state index in [2.05, 4.69) is 0 Å². The number of hydrogen-bond acceptors (Lipinski definition) is 2. The Bertz CT molecular complexity index is 206. The Kier molecular flexibility index (Phi) is 4.43. The van der Waals surface area contributed by atoms with E-state index in [1.165, 1.54) is 6.34 Å². The predicted octanol–water partition coefficient (Wildman–Crippen LogP) is 0.928. The van der Waals surface area contributed by atoms with Crippen LogP contribution in [-0.4, -0.2) is 48.2 Å². The predicted molar refractivity (Wildman–Crippen MR) is 56.5 cm³/mol. The Hall–Kier alpha value is -1.06. The first-order chi connectivity index (χ1) is 6.77. The maximum Gasteiger partial charge on any atom is 0.222 e. The molecule has 0 aromatic rings. The molecule has 1 rings (SSSR count). The fraction of sp³-hybridized carbons (Fsp3) is 0.800. The van der Waals surface area contributed by atoms with Gasteiger partial charge in [-0.2, -0.15) is 0 Å². The molecule has 1 heterocycles. The van der Waals surface area contributed by atoms with E-state index in [9.17, 15) is 4.79 Å². The first kappa shape index (κ1) is 11.0. The monoisotopic (exact) mass is 197 g/mol. The summed E-state index contributed by atoms with van der Waals surface area (Å²) in [6.07, 6.45) is 3.92. The van der Waals surface area contributed by atoms with Gasteiger partial charge in [-0.15, -0.1) is 0 Å². The number of nitrogens with zero attached hydrogens (tertiary/aromatic N) is 2. The van der Waals surface area contributed by atoms with E-state index in [1.54, 1.807) is 0 Å². The molecule has 1 aliphatic rings. The first-order valence-electron chi connectivity index (χ1n) is 5.30. The third-order valence-corrected chi connectivity index (χ3v) is 2.53. The van der Waals surface area contributed by atoms with Crippen LogP contribution in [0.1, 0.15) is 26.2 Å². The largest absolute Gasteiger partial charge is 0.361 e. The van der Waals surface area contributed by atoms with Crippen LogP contribution < -0.4 is 0 Å². The molecule has 0 bridgehead atoms. The lowest BCUT2D eigenvalue weighted by molar-refractivity contribution is -0.131. The van der Waals surface area contributed by atoms with Crippen molar-refractivity contribution in [3.63, 3.8) is 0 Å². The van der Waals surface area contributed by atoms with Gasteiger partial charge in [-0.1, -0.05) is 6.92 Å². The Morgan fingerprint density at radius 3 is 2.79 bits per heavy atom. The molecule has 0 atom stereocenters. The summed E-state index contributed by atoms with van der Waals surface area (Å²) in [7, 11) is 0. The van der Waals surface area contributed by atoms with Crippen molar-refractivity contribution < 1.29 is 4.79 Å². The average Bonchev–Trinajstić information content (AvgIpc) is 2.42. The van der Waals surface area contributed by atoms with Crippen LogP contribution in [0, 0.1) is 5.41 Å². The van der Waals surface area contributed by atoms with Gasteiger partial charge >= 0.3 is 0 Å². The minimum Gasteiger partial charge on any atom is -0.361 e. The van der Waals surface area contributed by atoms with E-state index < -0.39 is 0 Å². The summed E-state index contributed by atoms with van der Waals surface area (Å²) >= 11 is 0. The molecule has 80 valence electrons. The second-order valence-corrected chi connectivity index (χ2v) is 3.65. The van der Waals surface area contributed by atoms with Gasteiger partial charge in [0.05, 0.1) is 6.34 Å². The molecule has 0 spiro atoms. The normalized spacial score (nSPS) is 17.8. The second-order valence-electron chi connectivity index (χ2n) is 3.65. The molecule has 0 saturated carbocycles.